The fraction of sp³-hybridized carbons (Fsp3) is 0.0714. The highest BCUT2D eigenvalue weighted by molar-refractivity contribution is 7.92. The molecule has 2 aromatic carbocycles. The minimum Gasteiger partial charge on any atom is -0.389 e. The van der Waals surface area contributed by atoms with E-state index in [1.54, 1.807) is 0 Å². The van der Waals surface area contributed by atoms with Gasteiger partial charge in [-0.05, 0) is 30.3 Å². The van der Waals surface area contributed by atoms with Crippen molar-refractivity contribution >= 4 is 32.9 Å². The van der Waals surface area contributed by atoms with Crippen molar-refractivity contribution in [1.29, 1.82) is 0 Å². The summed E-state index contributed by atoms with van der Waals surface area (Å²) in [5, 5.41) is 0. The Kier molecular flexibility index (Phi) is 4.24. The molecule has 110 valence electrons. The molecule has 0 unspecified atom stereocenters. The molecule has 0 heterocycles. The van der Waals surface area contributed by atoms with E-state index in [0.29, 0.717) is 5.56 Å². The first-order valence-electron chi connectivity index (χ1n) is 5.97. The largest absolute Gasteiger partial charge is 0.389 e. The van der Waals surface area contributed by atoms with Gasteiger partial charge in [0.05, 0.1) is 10.6 Å². The second-order valence-electron chi connectivity index (χ2n) is 4.34. The van der Waals surface area contributed by atoms with E-state index in [1.807, 2.05) is 0 Å². The van der Waals surface area contributed by atoms with Crippen molar-refractivity contribution in [3.8, 4) is 0 Å². The average Bonchev–Trinajstić information content (AvgIpc) is 2.46. The molecule has 0 aliphatic heterocycles. The average molecular weight is 324 g/mol. The zero-order valence-corrected chi connectivity index (χ0v) is 12.8. The highest BCUT2D eigenvalue weighted by atomic mass is 32.2. The van der Waals surface area contributed by atoms with Crippen molar-refractivity contribution in [2.24, 2.45) is 5.73 Å². The number of thiocarbonyl (C=S) groups is 1. The number of anilines is 1. The Hall–Kier alpha value is -1.99. The number of hydrogen-bond donors (Lipinski definition) is 1. The lowest BCUT2D eigenvalue weighted by molar-refractivity contribution is 0.594. The molecule has 0 bridgehead atoms. The molecular weight excluding hydrogens is 311 g/mol. The quantitative estimate of drug-likeness (QED) is 0.877. The molecule has 0 aliphatic rings. The number of sulfonamides is 1. The van der Waals surface area contributed by atoms with Crippen LogP contribution in [0.1, 0.15) is 5.56 Å². The lowest BCUT2D eigenvalue weighted by atomic mass is 10.2. The number of nitrogens with two attached hydrogens (primary N) is 1. The Labute approximate surface area is 128 Å². The van der Waals surface area contributed by atoms with Gasteiger partial charge in [-0.25, -0.2) is 12.8 Å². The second-order valence-corrected chi connectivity index (χ2v) is 6.75. The molecule has 2 aromatic rings. The van der Waals surface area contributed by atoms with Gasteiger partial charge in [0.25, 0.3) is 10.0 Å². The Morgan fingerprint density at radius 2 is 1.81 bits per heavy atom. The standard InChI is InChI=1S/C14H13FN2O2S2/c1-17(12-4-2-3-11(15)9-12)21(18,19)13-7-5-10(6-8-13)14(16)20/h2-9H,1H3,(H2,16,20). The van der Waals surface area contributed by atoms with Gasteiger partial charge in [0, 0.05) is 12.6 Å². The lowest BCUT2D eigenvalue weighted by Gasteiger charge is -2.19. The summed E-state index contributed by atoms with van der Waals surface area (Å²) in [4.78, 5) is 0.270. The molecule has 0 atom stereocenters. The molecule has 2 N–H and O–H groups in total. The van der Waals surface area contributed by atoms with E-state index >= 15 is 0 Å². The summed E-state index contributed by atoms with van der Waals surface area (Å²) in [6.45, 7) is 0. The molecule has 4 nitrogen and oxygen atoms in total. The maximum atomic E-state index is 13.2. The summed E-state index contributed by atoms with van der Waals surface area (Å²) >= 11 is 4.82. The predicted octanol–water partition coefficient (Wildman–Crippen LogP) is 2.29. The lowest BCUT2D eigenvalue weighted by Crippen LogP contribution is -2.26. The van der Waals surface area contributed by atoms with Crippen LogP contribution in [-0.4, -0.2) is 20.5 Å². The van der Waals surface area contributed by atoms with Crippen LogP contribution in [0.5, 0.6) is 0 Å². The third-order valence-electron chi connectivity index (χ3n) is 2.97. The summed E-state index contributed by atoms with van der Waals surface area (Å²) < 4.78 is 39.2. The molecule has 0 aromatic heterocycles. The van der Waals surface area contributed by atoms with Crippen LogP contribution < -0.4 is 10.0 Å². The van der Waals surface area contributed by atoms with Gasteiger partial charge in [0.1, 0.15) is 10.8 Å². The van der Waals surface area contributed by atoms with Crippen molar-refractivity contribution in [3.63, 3.8) is 0 Å². The Bertz CT molecular complexity index is 774. The zero-order valence-electron chi connectivity index (χ0n) is 11.2. The van der Waals surface area contributed by atoms with Gasteiger partial charge in [0.2, 0.25) is 0 Å². The highest BCUT2D eigenvalue weighted by Crippen LogP contribution is 2.22. The van der Waals surface area contributed by atoms with E-state index in [2.05, 4.69) is 0 Å². The topological polar surface area (TPSA) is 63.4 Å². The number of hydrogen-bond acceptors (Lipinski definition) is 3. The second kappa shape index (κ2) is 5.79. The van der Waals surface area contributed by atoms with Crippen LogP contribution in [0.2, 0.25) is 0 Å². The van der Waals surface area contributed by atoms with Crippen LogP contribution in [0.4, 0.5) is 10.1 Å². The van der Waals surface area contributed by atoms with Gasteiger partial charge in [-0.3, -0.25) is 4.31 Å². The molecule has 0 radical (unpaired) electrons. The fourth-order valence-corrected chi connectivity index (χ4v) is 3.08. The first-order chi connectivity index (χ1) is 9.82. The zero-order chi connectivity index (χ0) is 15.6. The third-order valence-corrected chi connectivity index (χ3v) is 5.00. The van der Waals surface area contributed by atoms with Gasteiger partial charge < -0.3 is 5.73 Å². The Morgan fingerprint density at radius 1 is 1.19 bits per heavy atom. The van der Waals surface area contributed by atoms with E-state index in [4.69, 9.17) is 18.0 Å². The van der Waals surface area contributed by atoms with E-state index < -0.39 is 15.8 Å². The van der Waals surface area contributed by atoms with Gasteiger partial charge in [-0.15, -0.1) is 0 Å². The Balaban J connectivity index is 2.39. The minimum atomic E-state index is -3.77. The summed E-state index contributed by atoms with van der Waals surface area (Å²) in [7, 11) is -2.40. The van der Waals surface area contributed by atoms with E-state index in [-0.39, 0.29) is 15.6 Å². The monoisotopic (exact) mass is 324 g/mol. The molecular formula is C14H13FN2O2S2. The molecule has 21 heavy (non-hydrogen) atoms. The summed E-state index contributed by atoms with van der Waals surface area (Å²) in [5.41, 5.74) is 6.30. The summed E-state index contributed by atoms with van der Waals surface area (Å²) in [5.74, 6) is -0.502. The van der Waals surface area contributed by atoms with Crippen LogP contribution in [0.25, 0.3) is 0 Å². The van der Waals surface area contributed by atoms with Crippen LogP contribution in [-0.2, 0) is 10.0 Å². The number of benzene rings is 2. The van der Waals surface area contributed by atoms with Crippen LogP contribution in [0.3, 0.4) is 0 Å². The number of halogens is 1. The Morgan fingerprint density at radius 3 is 2.33 bits per heavy atom. The van der Waals surface area contributed by atoms with Crippen molar-refractivity contribution in [3.05, 3.63) is 59.9 Å². The van der Waals surface area contributed by atoms with Crippen molar-refractivity contribution in [1.82, 2.24) is 0 Å². The van der Waals surface area contributed by atoms with Crippen molar-refractivity contribution in [2.45, 2.75) is 4.90 Å². The molecule has 0 amide bonds. The smallest absolute Gasteiger partial charge is 0.264 e. The number of nitrogens with zero attached hydrogens (tertiary/aromatic N) is 1. The fourth-order valence-electron chi connectivity index (χ4n) is 1.76. The maximum absolute atomic E-state index is 13.2. The van der Waals surface area contributed by atoms with Crippen LogP contribution in [0, 0.1) is 5.82 Å². The van der Waals surface area contributed by atoms with Gasteiger partial charge >= 0.3 is 0 Å². The predicted molar refractivity (Wildman–Crippen MR) is 84.3 cm³/mol. The van der Waals surface area contributed by atoms with E-state index in [1.165, 1.54) is 49.5 Å². The maximum Gasteiger partial charge on any atom is 0.264 e. The molecule has 0 fully saturated rings. The summed E-state index contributed by atoms with van der Waals surface area (Å²) in [6.07, 6.45) is 0. The highest BCUT2D eigenvalue weighted by Gasteiger charge is 2.21. The molecule has 0 saturated carbocycles. The first-order valence-corrected chi connectivity index (χ1v) is 7.81. The summed E-state index contributed by atoms with van der Waals surface area (Å²) in [6, 6.07) is 11.3. The van der Waals surface area contributed by atoms with Gasteiger partial charge in [-0.2, -0.15) is 0 Å². The minimum absolute atomic E-state index is 0.0780. The normalized spacial score (nSPS) is 11.1. The third kappa shape index (κ3) is 3.20. The van der Waals surface area contributed by atoms with E-state index in [9.17, 15) is 12.8 Å². The molecule has 2 rings (SSSR count). The molecule has 0 spiro atoms. The molecule has 7 heteroatoms. The molecule has 0 aliphatic carbocycles. The SMILES string of the molecule is CN(c1cccc(F)c1)S(=O)(=O)c1ccc(C(N)=S)cc1. The van der Waals surface area contributed by atoms with Gasteiger partial charge in [0.15, 0.2) is 0 Å². The van der Waals surface area contributed by atoms with Crippen LogP contribution in [0.15, 0.2) is 53.4 Å². The van der Waals surface area contributed by atoms with Crippen LogP contribution >= 0.6 is 12.2 Å². The van der Waals surface area contributed by atoms with E-state index in [0.717, 1.165) is 10.4 Å². The van der Waals surface area contributed by atoms with Gasteiger partial charge in [-0.1, -0.05) is 30.4 Å². The molecule has 0 saturated heterocycles. The van der Waals surface area contributed by atoms with Crippen molar-refractivity contribution in [2.75, 3.05) is 11.4 Å². The number of rotatable bonds is 4. The van der Waals surface area contributed by atoms with Crippen molar-refractivity contribution < 1.29 is 12.8 Å². The first kappa shape index (κ1) is 15.4.